The fourth-order valence-electron chi connectivity index (χ4n) is 2.89. The molecule has 2 N–H and O–H groups in total. The van der Waals surface area contributed by atoms with Crippen molar-refractivity contribution in [3.8, 4) is 0 Å². The van der Waals surface area contributed by atoms with Crippen LogP contribution in [0.3, 0.4) is 0 Å². The zero-order valence-corrected chi connectivity index (χ0v) is 6.95. The topological polar surface area (TPSA) is 40.5 Å². The molecular weight excluding hydrogens is 140 g/mol. The molecule has 4 atom stereocenters. The third kappa shape index (κ3) is 1.30. The molecule has 0 saturated heterocycles. The maximum Gasteiger partial charge on any atom is 0.0625 e. The van der Waals surface area contributed by atoms with Crippen LogP contribution in [0, 0.1) is 11.8 Å². The molecule has 0 bridgehead atoms. The molecule has 0 aliphatic heterocycles. The highest BCUT2D eigenvalue weighted by Gasteiger charge is 2.45. The Balaban J connectivity index is 2.04. The van der Waals surface area contributed by atoms with E-state index in [-0.39, 0.29) is 6.10 Å². The lowest BCUT2D eigenvalue weighted by Crippen LogP contribution is -2.20. The van der Waals surface area contributed by atoms with Gasteiger partial charge in [-0.15, -0.1) is 0 Å². The van der Waals surface area contributed by atoms with Crippen LogP contribution in [0.4, 0.5) is 0 Å². The molecule has 0 spiro atoms. The average molecular weight is 156 g/mol. The van der Waals surface area contributed by atoms with Gasteiger partial charge in [-0.3, -0.25) is 0 Å². The second-order valence-electron chi connectivity index (χ2n) is 4.55. The van der Waals surface area contributed by atoms with Crippen LogP contribution in [0.5, 0.6) is 0 Å². The SMILES string of the molecule is C[C@@]1(O)C[C@H]2C[C@H](O)C[C@H]2C1. The molecule has 0 amide bonds. The Morgan fingerprint density at radius 1 is 1.18 bits per heavy atom. The molecule has 2 heteroatoms. The Morgan fingerprint density at radius 3 is 2.09 bits per heavy atom. The van der Waals surface area contributed by atoms with Gasteiger partial charge in [-0.1, -0.05) is 0 Å². The largest absolute Gasteiger partial charge is 0.393 e. The van der Waals surface area contributed by atoms with Crippen LogP contribution in [0.2, 0.25) is 0 Å². The van der Waals surface area contributed by atoms with Crippen molar-refractivity contribution in [2.24, 2.45) is 11.8 Å². The molecule has 0 aromatic heterocycles. The molecule has 2 rings (SSSR count). The van der Waals surface area contributed by atoms with Gasteiger partial charge in [0.25, 0.3) is 0 Å². The summed E-state index contributed by atoms with van der Waals surface area (Å²) < 4.78 is 0. The highest BCUT2D eigenvalue weighted by Crippen LogP contribution is 2.48. The normalized spacial score (nSPS) is 56.5. The van der Waals surface area contributed by atoms with Crippen molar-refractivity contribution in [2.75, 3.05) is 0 Å². The van der Waals surface area contributed by atoms with E-state index in [1.54, 1.807) is 0 Å². The molecule has 2 saturated carbocycles. The molecule has 0 radical (unpaired) electrons. The standard InChI is InChI=1S/C9H16O2/c1-9(11)4-6-2-8(10)3-7(6)5-9/h6-8,10-11H,2-5H2,1H3/t6-,7+,8+,9-. The van der Waals surface area contributed by atoms with Crippen molar-refractivity contribution in [1.82, 2.24) is 0 Å². The van der Waals surface area contributed by atoms with Crippen LogP contribution in [-0.2, 0) is 0 Å². The first kappa shape index (κ1) is 7.56. The predicted octanol–water partition coefficient (Wildman–Crippen LogP) is 0.918. The highest BCUT2D eigenvalue weighted by atomic mass is 16.3. The smallest absolute Gasteiger partial charge is 0.0625 e. The molecule has 0 heterocycles. The van der Waals surface area contributed by atoms with Crippen molar-refractivity contribution in [3.05, 3.63) is 0 Å². The Bertz CT molecular complexity index is 149. The summed E-state index contributed by atoms with van der Waals surface area (Å²) in [6.45, 7) is 1.91. The molecular formula is C9H16O2. The summed E-state index contributed by atoms with van der Waals surface area (Å²) in [4.78, 5) is 0. The second kappa shape index (κ2) is 2.20. The van der Waals surface area contributed by atoms with Crippen molar-refractivity contribution in [2.45, 2.75) is 44.3 Å². The van der Waals surface area contributed by atoms with Gasteiger partial charge >= 0.3 is 0 Å². The zero-order valence-electron chi connectivity index (χ0n) is 6.95. The third-order valence-electron chi connectivity index (χ3n) is 3.22. The fourth-order valence-corrected chi connectivity index (χ4v) is 2.89. The summed E-state index contributed by atoms with van der Waals surface area (Å²) in [6.07, 6.45) is 3.55. The fraction of sp³-hybridized carbons (Fsp3) is 1.00. The molecule has 0 aromatic carbocycles. The Hall–Kier alpha value is -0.0800. The van der Waals surface area contributed by atoms with E-state index in [1.807, 2.05) is 6.92 Å². The van der Waals surface area contributed by atoms with Crippen molar-refractivity contribution < 1.29 is 10.2 Å². The van der Waals surface area contributed by atoms with Crippen molar-refractivity contribution >= 4 is 0 Å². The van der Waals surface area contributed by atoms with E-state index in [4.69, 9.17) is 0 Å². The lowest BCUT2D eigenvalue weighted by atomic mass is 10.0. The van der Waals surface area contributed by atoms with E-state index in [0.717, 1.165) is 25.7 Å². The molecule has 11 heavy (non-hydrogen) atoms. The first-order valence-electron chi connectivity index (χ1n) is 4.47. The highest BCUT2D eigenvalue weighted by molar-refractivity contribution is 4.97. The van der Waals surface area contributed by atoms with Crippen LogP contribution in [0.15, 0.2) is 0 Å². The van der Waals surface area contributed by atoms with Gasteiger partial charge < -0.3 is 10.2 Å². The molecule has 64 valence electrons. The average Bonchev–Trinajstić information content (AvgIpc) is 2.17. The van der Waals surface area contributed by atoms with Gasteiger partial charge in [0.15, 0.2) is 0 Å². The zero-order chi connectivity index (χ0) is 8.06. The number of aliphatic hydroxyl groups excluding tert-OH is 1. The number of hydrogen-bond acceptors (Lipinski definition) is 2. The van der Waals surface area contributed by atoms with Crippen LogP contribution < -0.4 is 0 Å². The Kier molecular flexibility index (Phi) is 1.52. The monoisotopic (exact) mass is 156 g/mol. The summed E-state index contributed by atoms with van der Waals surface area (Å²) in [5.74, 6) is 1.19. The van der Waals surface area contributed by atoms with Gasteiger partial charge in [0.05, 0.1) is 11.7 Å². The second-order valence-corrected chi connectivity index (χ2v) is 4.55. The minimum atomic E-state index is -0.435. The van der Waals surface area contributed by atoms with Crippen molar-refractivity contribution in [1.29, 1.82) is 0 Å². The first-order chi connectivity index (χ1) is 5.07. The summed E-state index contributed by atoms with van der Waals surface area (Å²) in [5.41, 5.74) is -0.435. The molecule has 0 aromatic rings. The quantitative estimate of drug-likeness (QED) is 0.547. The number of rotatable bonds is 0. The van der Waals surface area contributed by atoms with E-state index < -0.39 is 5.60 Å². The van der Waals surface area contributed by atoms with E-state index in [0.29, 0.717) is 11.8 Å². The lowest BCUT2D eigenvalue weighted by Gasteiger charge is -2.17. The Labute approximate surface area is 67.2 Å². The lowest BCUT2D eigenvalue weighted by molar-refractivity contribution is 0.0511. The van der Waals surface area contributed by atoms with E-state index in [2.05, 4.69) is 0 Å². The van der Waals surface area contributed by atoms with Crippen LogP contribution in [0.25, 0.3) is 0 Å². The van der Waals surface area contributed by atoms with E-state index >= 15 is 0 Å². The molecule has 0 unspecified atom stereocenters. The van der Waals surface area contributed by atoms with Crippen LogP contribution in [-0.4, -0.2) is 21.9 Å². The number of hydrogen-bond donors (Lipinski definition) is 2. The maximum absolute atomic E-state index is 9.70. The molecule has 2 aliphatic carbocycles. The number of fused-ring (bicyclic) bond motifs is 1. The minimum absolute atomic E-state index is 0.0823. The maximum atomic E-state index is 9.70. The predicted molar refractivity (Wildman–Crippen MR) is 42.1 cm³/mol. The van der Waals surface area contributed by atoms with Gasteiger partial charge in [-0.05, 0) is 44.4 Å². The van der Waals surface area contributed by atoms with Crippen LogP contribution >= 0.6 is 0 Å². The van der Waals surface area contributed by atoms with E-state index in [9.17, 15) is 10.2 Å². The van der Waals surface area contributed by atoms with Gasteiger partial charge in [-0.25, -0.2) is 0 Å². The molecule has 2 fully saturated rings. The minimum Gasteiger partial charge on any atom is -0.393 e. The van der Waals surface area contributed by atoms with Gasteiger partial charge in [0, 0.05) is 0 Å². The summed E-state index contributed by atoms with van der Waals surface area (Å²) in [6, 6.07) is 0. The van der Waals surface area contributed by atoms with E-state index in [1.165, 1.54) is 0 Å². The summed E-state index contributed by atoms with van der Waals surface area (Å²) in [7, 11) is 0. The number of aliphatic hydroxyl groups is 2. The first-order valence-corrected chi connectivity index (χ1v) is 4.47. The third-order valence-corrected chi connectivity index (χ3v) is 3.22. The van der Waals surface area contributed by atoms with Gasteiger partial charge in [0.2, 0.25) is 0 Å². The summed E-state index contributed by atoms with van der Waals surface area (Å²) >= 11 is 0. The van der Waals surface area contributed by atoms with Gasteiger partial charge in [-0.2, -0.15) is 0 Å². The van der Waals surface area contributed by atoms with Crippen LogP contribution in [0.1, 0.15) is 32.6 Å². The van der Waals surface area contributed by atoms with Crippen molar-refractivity contribution in [3.63, 3.8) is 0 Å². The Morgan fingerprint density at radius 2 is 1.64 bits per heavy atom. The molecule has 2 nitrogen and oxygen atoms in total. The summed E-state index contributed by atoms with van der Waals surface area (Å²) in [5, 5.41) is 19.0. The molecule has 2 aliphatic rings. The van der Waals surface area contributed by atoms with Gasteiger partial charge in [0.1, 0.15) is 0 Å².